The summed E-state index contributed by atoms with van der Waals surface area (Å²) in [5, 5.41) is 5.80. The molecule has 2 aromatic rings. The number of hydrogen-bond acceptors (Lipinski definition) is 3. The molecule has 1 aliphatic heterocycles. The van der Waals surface area contributed by atoms with Crippen LogP contribution in [0.3, 0.4) is 0 Å². The third kappa shape index (κ3) is 5.28. The largest absolute Gasteiger partial charge is 0.349 e. The smallest absolute Gasteiger partial charge is 0.255 e. The van der Waals surface area contributed by atoms with E-state index in [1.807, 2.05) is 35.2 Å². The number of carbonyl (C=O) groups is 2. The van der Waals surface area contributed by atoms with Crippen molar-refractivity contribution in [2.75, 3.05) is 25.0 Å². The molecule has 27 heavy (non-hydrogen) atoms. The highest BCUT2D eigenvalue weighted by molar-refractivity contribution is 6.33. The Balaban J connectivity index is 1.46. The minimum Gasteiger partial charge on any atom is -0.349 e. The fourth-order valence-electron chi connectivity index (χ4n) is 3.13. The van der Waals surface area contributed by atoms with Crippen LogP contribution in [-0.4, -0.2) is 42.4 Å². The summed E-state index contributed by atoms with van der Waals surface area (Å²) in [6.07, 6.45) is 1.38. The van der Waals surface area contributed by atoms with Gasteiger partial charge in [-0.15, -0.1) is 0 Å². The number of nitrogens with one attached hydrogen (secondary N) is 2. The molecule has 1 aliphatic rings. The van der Waals surface area contributed by atoms with Crippen molar-refractivity contribution >= 4 is 29.1 Å². The number of nitrogens with zero attached hydrogens (tertiary/aromatic N) is 1. The van der Waals surface area contributed by atoms with E-state index >= 15 is 0 Å². The normalized spacial score (nSPS) is 15.3. The van der Waals surface area contributed by atoms with Crippen molar-refractivity contribution in [3.63, 3.8) is 0 Å². The highest BCUT2D eigenvalue weighted by Crippen LogP contribution is 2.20. The fourth-order valence-corrected chi connectivity index (χ4v) is 3.38. The molecular weight excluding hydrogens is 369 g/mol. The van der Waals surface area contributed by atoms with E-state index in [4.69, 9.17) is 11.6 Å². The number of para-hydroxylation sites is 1. The van der Waals surface area contributed by atoms with Crippen LogP contribution in [0.5, 0.6) is 0 Å². The Morgan fingerprint density at radius 1 is 1.07 bits per heavy atom. The molecule has 5 nitrogen and oxygen atoms in total. The molecule has 0 saturated carbocycles. The minimum absolute atomic E-state index is 0.0678. The van der Waals surface area contributed by atoms with Crippen LogP contribution in [0, 0.1) is 5.82 Å². The van der Waals surface area contributed by atoms with Crippen molar-refractivity contribution < 1.29 is 14.0 Å². The van der Waals surface area contributed by atoms with E-state index < -0.39 is 11.7 Å². The molecule has 0 atom stereocenters. The number of carbonyl (C=O) groups excluding carboxylic acids is 2. The number of halogens is 2. The number of likely N-dealkylation sites (tertiary alicyclic amines) is 1. The third-order valence-electron chi connectivity index (χ3n) is 4.54. The van der Waals surface area contributed by atoms with Gasteiger partial charge in [0, 0.05) is 24.8 Å². The van der Waals surface area contributed by atoms with Crippen molar-refractivity contribution in [3.8, 4) is 0 Å². The lowest BCUT2D eigenvalue weighted by Gasteiger charge is -2.31. The Labute approximate surface area is 162 Å². The molecular formula is C20H21ClFN3O2. The second-order valence-corrected chi connectivity index (χ2v) is 6.94. The van der Waals surface area contributed by atoms with Gasteiger partial charge in [0.1, 0.15) is 5.82 Å². The van der Waals surface area contributed by atoms with E-state index in [-0.39, 0.29) is 22.5 Å². The molecule has 1 fully saturated rings. The SMILES string of the molecule is O=C(CN1CCC(NC(=O)c2c(F)cccc2Cl)CC1)Nc1ccccc1. The minimum atomic E-state index is -0.630. The van der Waals surface area contributed by atoms with Gasteiger partial charge in [-0.3, -0.25) is 14.5 Å². The summed E-state index contributed by atoms with van der Waals surface area (Å²) in [5.74, 6) is -1.20. The van der Waals surface area contributed by atoms with Crippen LogP contribution in [0.15, 0.2) is 48.5 Å². The van der Waals surface area contributed by atoms with E-state index in [0.717, 1.165) is 5.69 Å². The molecule has 1 saturated heterocycles. The molecule has 3 rings (SSSR count). The molecule has 0 radical (unpaired) electrons. The number of anilines is 1. The summed E-state index contributed by atoms with van der Waals surface area (Å²) in [7, 11) is 0. The molecule has 0 aliphatic carbocycles. The van der Waals surface area contributed by atoms with Gasteiger partial charge in [-0.1, -0.05) is 35.9 Å². The zero-order valence-electron chi connectivity index (χ0n) is 14.8. The van der Waals surface area contributed by atoms with Gasteiger partial charge in [0.25, 0.3) is 5.91 Å². The van der Waals surface area contributed by atoms with Crippen LogP contribution in [0.4, 0.5) is 10.1 Å². The number of benzene rings is 2. The van der Waals surface area contributed by atoms with Crippen LogP contribution in [-0.2, 0) is 4.79 Å². The summed E-state index contributed by atoms with van der Waals surface area (Å²) >= 11 is 5.94. The third-order valence-corrected chi connectivity index (χ3v) is 4.85. The molecule has 2 amide bonds. The van der Waals surface area contributed by atoms with Crippen molar-refractivity contribution in [3.05, 3.63) is 64.9 Å². The van der Waals surface area contributed by atoms with Crippen molar-refractivity contribution in [1.82, 2.24) is 10.2 Å². The average molecular weight is 390 g/mol. The zero-order chi connectivity index (χ0) is 19.2. The molecule has 2 aromatic carbocycles. The Morgan fingerprint density at radius 2 is 1.78 bits per heavy atom. The topological polar surface area (TPSA) is 61.4 Å². The molecule has 0 bridgehead atoms. The molecule has 0 unspecified atom stereocenters. The van der Waals surface area contributed by atoms with Gasteiger partial charge in [0.15, 0.2) is 0 Å². The van der Waals surface area contributed by atoms with Crippen LogP contribution in [0.25, 0.3) is 0 Å². The van der Waals surface area contributed by atoms with Gasteiger partial charge in [-0.05, 0) is 37.1 Å². The second-order valence-electron chi connectivity index (χ2n) is 6.53. The van der Waals surface area contributed by atoms with Crippen molar-refractivity contribution in [2.45, 2.75) is 18.9 Å². The lowest BCUT2D eigenvalue weighted by atomic mass is 10.0. The maximum Gasteiger partial charge on any atom is 0.255 e. The van der Waals surface area contributed by atoms with Gasteiger partial charge < -0.3 is 10.6 Å². The number of amides is 2. The summed E-state index contributed by atoms with van der Waals surface area (Å²) in [5.41, 5.74) is 0.648. The molecule has 0 aromatic heterocycles. The van der Waals surface area contributed by atoms with E-state index in [1.54, 1.807) is 0 Å². The second kappa shape index (κ2) is 8.97. The fraction of sp³-hybridized carbons (Fsp3) is 0.300. The predicted octanol–water partition coefficient (Wildman–Crippen LogP) is 3.31. The van der Waals surface area contributed by atoms with Crippen LogP contribution >= 0.6 is 11.6 Å². The summed E-state index contributed by atoms with van der Waals surface area (Å²) in [6.45, 7) is 1.66. The van der Waals surface area contributed by atoms with E-state index in [9.17, 15) is 14.0 Å². The average Bonchev–Trinajstić information content (AvgIpc) is 2.64. The first-order chi connectivity index (χ1) is 13.0. The first kappa shape index (κ1) is 19.3. The monoisotopic (exact) mass is 389 g/mol. The van der Waals surface area contributed by atoms with E-state index in [1.165, 1.54) is 18.2 Å². The maximum absolute atomic E-state index is 13.8. The van der Waals surface area contributed by atoms with Gasteiger partial charge in [-0.2, -0.15) is 0 Å². The standard InChI is InChI=1S/C20H21ClFN3O2/c21-16-7-4-8-17(22)19(16)20(27)24-15-9-11-25(12-10-15)13-18(26)23-14-5-2-1-3-6-14/h1-8,15H,9-13H2,(H,23,26)(H,24,27). The first-order valence-corrected chi connectivity index (χ1v) is 9.23. The summed E-state index contributed by atoms with van der Waals surface area (Å²) in [6, 6.07) is 13.4. The molecule has 0 spiro atoms. The highest BCUT2D eigenvalue weighted by atomic mass is 35.5. The van der Waals surface area contributed by atoms with E-state index in [0.29, 0.717) is 32.5 Å². The Morgan fingerprint density at radius 3 is 2.44 bits per heavy atom. The van der Waals surface area contributed by atoms with Crippen molar-refractivity contribution in [2.24, 2.45) is 0 Å². The molecule has 1 heterocycles. The Hall–Kier alpha value is -2.44. The zero-order valence-corrected chi connectivity index (χ0v) is 15.5. The highest BCUT2D eigenvalue weighted by Gasteiger charge is 2.24. The Bertz CT molecular complexity index is 788. The first-order valence-electron chi connectivity index (χ1n) is 8.85. The van der Waals surface area contributed by atoms with Gasteiger partial charge in [0.2, 0.25) is 5.91 Å². The Kier molecular flexibility index (Phi) is 6.42. The maximum atomic E-state index is 13.8. The van der Waals surface area contributed by atoms with Gasteiger partial charge in [0.05, 0.1) is 17.1 Å². The van der Waals surface area contributed by atoms with Crippen LogP contribution in [0.2, 0.25) is 5.02 Å². The number of rotatable bonds is 5. The summed E-state index contributed by atoms with van der Waals surface area (Å²) in [4.78, 5) is 26.5. The van der Waals surface area contributed by atoms with Crippen LogP contribution < -0.4 is 10.6 Å². The summed E-state index contributed by atoms with van der Waals surface area (Å²) < 4.78 is 13.8. The quantitative estimate of drug-likeness (QED) is 0.824. The molecule has 7 heteroatoms. The predicted molar refractivity (Wildman–Crippen MR) is 103 cm³/mol. The van der Waals surface area contributed by atoms with Crippen LogP contribution in [0.1, 0.15) is 23.2 Å². The lowest BCUT2D eigenvalue weighted by molar-refractivity contribution is -0.117. The van der Waals surface area contributed by atoms with Gasteiger partial charge >= 0.3 is 0 Å². The molecule has 2 N–H and O–H groups in total. The van der Waals surface area contributed by atoms with Crippen molar-refractivity contribution in [1.29, 1.82) is 0 Å². The van der Waals surface area contributed by atoms with Gasteiger partial charge in [-0.25, -0.2) is 4.39 Å². The number of hydrogen-bond donors (Lipinski definition) is 2. The van der Waals surface area contributed by atoms with E-state index in [2.05, 4.69) is 10.6 Å². The molecule has 142 valence electrons. The lowest BCUT2D eigenvalue weighted by Crippen LogP contribution is -2.46. The number of piperidine rings is 1.